The lowest BCUT2D eigenvalue weighted by atomic mass is 10.2. The summed E-state index contributed by atoms with van der Waals surface area (Å²) in [5, 5.41) is 0. The molecule has 1 heterocycles. The fourth-order valence-corrected chi connectivity index (χ4v) is 2.90. The molecular formula is C16H21NO2. The Labute approximate surface area is 114 Å². The van der Waals surface area contributed by atoms with Crippen molar-refractivity contribution in [2.75, 3.05) is 0 Å². The van der Waals surface area contributed by atoms with Crippen molar-refractivity contribution in [2.45, 2.75) is 57.5 Å². The number of furan rings is 1. The van der Waals surface area contributed by atoms with Gasteiger partial charge in [0.1, 0.15) is 11.5 Å². The van der Waals surface area contributed by atoms with Gasteiger partial charge >= 0.3 is 0 Å². The molecule has 0 bridgehead atoms. The Morgan fingerprint density at radius 1 is 1.32 bits per heavy atom. The van der Waals surface area contributed by atoms with E-state index < -0.39 is 0 Å². The van der Waals surface area contributed by atoms with Crippen LogP contribution in [0.5, 0.6) is 0 Å². The predicted molar refractivity (Wildman–Crippen MR) is 71.5 cm³/mol. The number of amides is 1. The molecule has 0 aromatic carbocycles. The van der Waals surface area contributed by atoms with Gasteiger partial charge in [-0.2, -0.15) is 0 Å². The van der Waals surface area contributed by atoms with Crippen LogP contribution >= 0.6 is 0 Å². The number of carbonyl (C=O) groups excluding carboxylic acids is 1. The zero-order valence-corrected chi connectivity index (χ0v) is 11.5. The van der Waals surface area contributed by atoms with Gasteiger partial charge in [0.15, 0.2) is 0 Å². The Kier molecular flexibility index (Phi) is 2.51. The van der Waals surface area contributed by atoms with Crippen LogP contribution in [0.1, 0.15) is 56.5 Å². The van der Waals surface area contributed by atoms with E-state index in [2.05, 4.69) is 24.0 Å². The summed E-state index contributed by atoms with van der Waals surface area (Å²) in [4.78, 5) is 14.3. The molecule has 0 aliphatic heterocycles. The maximum absolute atomic E-state index is 12.3. The summed E-state index contributed by atoms with van der Waals surface area (Å²) in [6.07, 6.45) is 5.77. The van der Waals surface area contributed by atoms with Gasteiger partial charge in [0.2, 0.25) is 5.91 Å². The van der Waals surface area contributed by atoms with Crippen LogP contribution in [0.3, 0.4) is 0 Å². The van der Waals surface area contributed by atoms with Crippen molar-refractivity contribution in [3.05, 3.63) is 23.7 Å². The second-order valence-electron chi connectivity index (χ2n) is 6.60. The minimum absolute atomic E-state index is 0.318. The maximum Gasteiger partial charge on any atom is 0.226 e. The van der Waals surface area contributed by atoms with Crippen LogP contribution in [-0.2, 0) is 11.3 Å². The van der Waals surface area contributed by atoms with Crippen molar-refractivity contribution in [2.24, 2.45) is 11.8 Å². The summed E-state index contributed by atoms with van der Waals surface area (Å²) in [5.41, 5.74) is 0. The van der Waals surface area contributed by atoms with Crippen molar-refractivity contribution in [3.8, 4) is 0 Å². The molecular weight excluding hydrogens is 238 g/mol. The minimum Gasteiger partial charge on any atom is -0.464 e. The smallest absolute Gasteiger partial charge is 0.226 e. The van der Waals surface area contributed by atoms with Gasteiger partial charge in [-0.25, -0.2) is 0 Å². The van der Waals surface area contributed by atoms with Crippen LogP contribution in [0, 0.1) is 11.8 Å². The third-order valence-corrected chi connectivity index (χ3v) is 4.68. The standard InChI is InChI=1S/C16H21NO2/c1-10-8-14(10)15-7-6-13(19-15)9-17(12-4-5-12)16(18)11-2-3-11/h6-7,10-12,14H,2-5,8-9H2,1H3/t10-,14+/m1/s1. The Bertz CT molecular complexity index is 499. The van der Waals surface area contributed by atoms with Gasteiger partial charge in [0.05, 0.1) is 6.54 Å². The van der Waals surface area contributed by atoms with Crippen LogP contribution in [0.25, 0.3) is 0 Å². The summed E-state index contributed by atoms with van der Waals surface area (Å²) in [5.74, 6) is 4.17. The molecule has 0 unspecified atom stereocenters. The normalized spacial score (nSPS) is 29.3. The molecule has 3 heteroatoms. The largest absolute Gasteiger partial charge is 0.464 e. The lowest BCUT2D eigenvalue weighted by Gasteiger charge is -2.21. The van der Waals surface area contributed by atoms with Gasteiger partial charge in [0, 0.05) is 17.9 Å². The number of rotatable bonds is 5. The highest BCUT2D eigenvalue weighted by Gasteiger charge is 2.41. The van der Waals surface area contributed by atoms with Gasteiger partial charge in [-0.05, 0) is 50.2 Å². The first-order valence-corrected chi connectivity index (χ1v) is 7.61. The highest BCUT2D eigenvalue weighted by atomic mass is 16.3. The molecule has 2 atom stereocenters. The summed E-state index contributed by atoms with van der Waals surface area (Å²) < 4.78 is 5.94. The molecule has 1 aromatic heterocycles. The van der Waals surface area contributed by atoms with Gasteiger partial charge in [-0.1, -0.05) is 6.92 Å². The molecule has 3 fully saturated rings. The molecule has 102 valence electrons. The number of nitrogens with zero attached hydrogens (tertiary/aromatic N) is 1. The maximum atomic E-state index is 12.3. The fraction of sp³-hybridized carbons (Fsp3) is 0.688. The molecule has 19 heavy (non-hydrogen) atoms. The van der Waals surface area contributed by atoms with E-state index in [9.17, 15) is 4.79 Å². The monoisotopic (exact) mass is 259 g/mol. The van der Waals surface area contributed by atoms with Crippen LogP contribution in [-0.4, -0.2) is 16.8 Å². The van der Waals surface area contributed by atoms with Gasteiger partial charge < -0.3 is 9.32 Å². The zero-order valence-electron chi connectivity index (χ0n) is 11.5. The average Bonchev–Trinajstić information content (AvgIpc) is 3.24. The molecule has 1 amide bonds. The highest BCUT2D eigenvalue weighted by molar-refractivity contribution is 5.81. The topological polar surface area (TPSA) is 33.5 Å². The summed E-state index contributed by atoms with van der Waals surface area (Å²) in [6, 6.07) is 4.66. The summed E-state index contributed by atoms with van der Waals surface area (Å²) in [7, 11) is 0. The Morgan fingerprint density at radius 2 is 2.05 bits per heavy atom. The van der Waals surface area contributed by atoms with Crippen LogP contribution in [0.2, 0.25) is 0 Å². The number of hydrogen-bond acceptors (Lipinski definition) is 2. The van der Waals surface area contributed by atoms with Crippen LogP contribution in [0.4, 0.5) is 0 Å². The van der Waals surface area contributed by atoms with E-state index in [0.717, 1.165) is 30.3 Å². The third-order valence-electron chi connectivity index (χ3n) is 4.68. The fourth-order valence-electron chi connectivity index (χ4n) is 2.90. The van der Waals surface area contributed by atoms with E-state index >= 15 is 0 Å². The van der Waals surface area contributed by atoms with E-state index in [0.29, 0.717) is 30.3 Å². The predicted octanol–water partition coefficient (Wildman–Crippen LogP) is 3.30. The van der Waals surface area contributed by atoms with E-state index in [1.54, 1.807) is 0 Å². The van der Waals surface area contributed by atoms with Gasteiger partial charge in [0.25, 0.3) is 0 Å². The number of hydrogen-bond donors (Lipinski definition) is 0. The molecule has 3 aliphatic carbocycles. The zero-order chi connectivity index (χ0) is 13.0. The molecule has 4 rings (SSSR count). The van der Waals surface area contributed by atoms with Crippen molar-refractivity contribution in [3.63, 3.8) is 0 Å². The molecule has 3 aliphatic rings. The van der Waals surface area contributed by atoms with Crippen molar-refractivity contribution in [1.82, 2.24) is 4.90 Å². The molecule has 0 saturated heterocycles. The molecule has 0 N–H and O–H groups in total. The first kappa shape index (κ1) is 11.6. The number of carbonyl (C=O) groups is 1. The third kappa shape index (κ3) is 2.31. The Balaban J connectivity index is 1.45. The van der Waals surface area contributed by atoms with Gasteiger partial charge in [-0.3, -0.25) is 4.79 Å². The lowest BCUT2D eigenvalue weighted by Crippen LogP contribution is -2.33. The van der Waals surface area contributed by atoms with Crippen LogP contribution in [0.15, 0.2) is 16.5 Å². The Morgan fingerprint density at radius 3 is 2.63 bits per heavy atom. The Hall–Kier alpha value is -1.25. The second kappa shape index (κ2) is 4.12. The molecule has 3 nitrogen and oxygen atoms in total. The van der Waals surface area contributed by atoms with E-state index in [-0.39, 0.29) is 0 Å². The second-order valence-corrected chi connectivity index (χ2v) is 6.60. The quantitative estimate of drug-likeness (QED) is 0.813. The van der Waals surface area contributed by atoms with Gasteiger partial charge in [-0.15, -0.1) is 0 Å². The summed E-state index contributed by atoms with van der Waals surface area (Å²) in [6.45, 7) is 2.95. The summed E-state index contributed by atoms with van der Waals surface area (Å²) >= 11 is 0. The molecule has 0 radical (unpaired) electrons. The first-order chi connectivity index (χ1) is 9.22. The van der Waals surface area contributed by atoms with E-state index in [1.165, 1.54) is 19.3 Å². The van der Waals surface area contributed by atoms with E-state index in [4.69, 9.17) is 4.42 Å². The SMILES string of the molecule is C[C@@H]1C[C@@H]1c1ccc(CN(C(=O)C2CC2)C2CC2)o1. The average molecular weight is 259 g/mol. The van der Waals surface area contributed by atoms with Crippen LogP contribution < -0.4 is 0 Å². The molecule has 0 spiro atoms. The van der Waals surface area contributed by atoms with Crippen molar-refractivity contribution < 1.29 is 9.21 Å². The first-order valence-electron chi connectivity index (χ1n) is 7.61. The highest BCUT2D eigenvalue weighted by Crippen LogP contribution is 2.47. The molecule has 3 saturated carbocycles. The minimum atomic E-state index is 0.318. The van der Waals surface area contributed by atoms with Crippen molar-refractivity contribution in [1.29, 1.82) is 0 Å². The molecule has 1 aromatic rings. The van der Waals surface area contributed by atoms with E-state index in [1.807, 2.05) is 0 Å². The lowest BCUT2D eigenvalue weighted by molar-refractivity contribution is -0.134. The van der Waals surface area contributed by atoms with Crippen molar-refractivity contribution >= 4 is 5.91 Å².